The molecule has 0 bridgehead atoms. The van der Waals surface area contributed by atoms with Gasteiger partial charge in [0.05, 0.1) is 0 Å². The maximum absolute atomic E-state index is 3.64. The summed E-state index contributed by atoms with van der Waals surface area (Å²) in [4.78, 5) is 2.71. The SMILES string of the molecule is CCNCc1ccc(-c2ccc(C)cc2Br)s1. The lowest BCUT2D eigenvalue weighted by Crippen LogP contribution is -2.10. The van der Waals surface area contributed by atoms with E-state index >= 15 is 0 Å². The van der Waals surface area contributed by atoms with Crippen molar-refractivity contribution < 1.29 is 0 Å². The van der Waals surface area contributed by atoms with Crippen LogP contribution in [0.4, 0.5) is 0 Å². The standard InChI is InChI=1S/C14H16BrNS/c1-3-16-9-11-5-7-14(17-11)12-6-4-10(2)8-13(12)15/h4-8,16H,3,9H2,1-2H3. The smallest absolute Gasteiger partial charge is 0.0357 e. The molecule has 1 aromatic heterocycles. The van der Waals surface area contributed by atoms with E-state index in [-0.39, 0.29) is 0 Å². The van der Waals surface area contributed by atoms with Crippen LogP contribution in [-0.4, -0.2) is 6.54 Å². The van der Waals surface area contributed by atoms with Crippen LogP contribution in [-0.2, 0) is 6.54 Å². The highest BCUT2D eigenvalue weighted by atomic mass is 79.9. The number of rotatable bonds is 4. The number of halogens is 1. The predicted octanol–water partition coefficient (Wildman–Crippen LogP) is 4.60. The van der Waals surface area contributed by atoms with E-state index in [9.17, 15) is 0 Å². The lowest BCUT2D eigenvalue weighted by molar-refractivity contribution is 0.735. The fourth-order valence-corrected chi connectivity index (χ4v) is 3.54. The van der Waals surface area contributed by atoms with Crippen LogP contribution in [0.25, 0.3) is 10.4 Å². The lowest BCUT2D eigenvalue weighted by atomic mass is 10.1. The Bertz CT molecular complexity index is 505. The molecule has 0 aliphatic carbocycles. The summed E-state index contributed by atoms with van der Waals surface area (Å²) in [6, 6.07) is 10.9. The molecule has 1 aromatic carbocycles. The van der Waals surface area contributed by atoms with Gasteiger partial charge in [0.1, 0.15) is 0 Å². The Morgan fingerprint density at radius 3 is 2.76 bits per heavy atom. The minimum atomic E-state index is 0.963. The molecular weight excluding hydrogens is 294 g/mol. The van der Waals surface area contributed by atoms with Gasteiger partial charge in [0.2, 0.25) is 0 Å². The van der Waals surface area contributed by atoms with Crippen molar-refractivity contribution in [1.82, 2.24) is 5.32 Å². The van der Waals surface area contributed by atoms with Crippen molar-refractivity contribution in [3.05, 3.63) is 45.2 Å². The van der Waals surface area contributed by atoms with Crippen LogP contribution in [0, 0.1) is 6.92 Å². The molecule has 0 aliphatic heterocycles. The Balaban J connectivity index is 2.24. The molecule has 1 N–H and O–H groups in total. The monoisotopic (exact) mass is 309 g/mol. The van der Waals surface area contributed by atoms with Crippen LogP contribution in [0.3, 0.4) is 0 Å². The number of hydrogen-bond acceptors (Lipinski definition) is 2. The maximum Gasteiger partial charge on any atom is 0.0357 e. The molecule has 0 radical (unpaired) electrons. The topological polar surface area (TPSA) is 12.0 Å². The first-order valence-corrected chi connectivity index (χ1v) is 7.37. The molecular formula is C14H16BrNS. The van der Waals surface area contributed by atoms with E-state index in [4.69, 9.17) is 0 Å². The highest BCUT2D eigenvalue weighted by Crippen LogP contribution is 2.34. The van der Waals surface area contributed by atoms with Gasteiger partial charge in [0.15, 0.2) is 0 Å². The van der Waals surface area contributed by atoms with Crippen molar-refractivity contribution in [1.29, 1.82) is 0 Å². The van der Waals surface area contributed by atoms with Crippen molar-refractivity contribution in [2.45, 2.75) is 20.4 Å². The van der Waals surface area contributed by atoms with E-state index in [1.807, 2.05) is 11.3 Å². The van der Waals surface area contributed by atoms with Crippen LogP contribution in [0.15, 0.2) is 34.8 Å². The second kappa shape index (κ2) is 5.80. The molecule has 0 spiro atoms. The zero-order valence-corrected chi connectivity index (χ0v) is 12.5. The van der Waals surface area contributed by atoms with Crippen LogP contribution in [0.2, 0.25) is 0 Å². The Morgan fingerprint density at radius 1 is 1.24 bits per heavy atom. The van der Waals surface area contributed by atoms with Crippen molar-refractivity contribution >= 4 is 27.3 Å². The van der Waals surface area contributed by atoms with E-state index in [0.29, 0.717) is 0 Å². The van der Waals surface area contributed by atoms with E-state index in [0.717, 1.165) is 13.1 Å². The summed E-state index contributed by atoms with van der Waals surface area (Å²) in [5.74, 6) is 0. The molecule has 0 fully saturated rings. The first-order chi connectivity index (χ1) is 8.20. The Hall–Kier alpha value is -0.640. The zero-order chi connectivity index (χ0) is 12.3. The second-order valence-corrected chi connectivity index (χ2v) is 6.05. The lowest BCUT2D eigenvalue weighted by Gasteiger charge is -2.02. The van der Waals surface area contributed by atoms with E-state index in [2.05, 4.69) is 65.4 Å². The van der Waals surface area contributed by atoms with E-state index < -0.39 is 0 Å². The number of benzene rings is 1. The third-order valence-corrected chi connectivity index (χ3v) is 4.38. The first kappa shape index (κ1) is 12.8. The van der Waals surface area contributed by atoms with Crippen LogP contribution >= 0.6 is 27.3 Å². The first-order valence-electron chi connectivity index (χ1n) is 5.76. The van der Waals surface area contributed by atoms with E-state index in [1.54, 1.807) is 0 Å². The number of aryl methyl sites for hydroxylation is 1. The summed E-state index contributed by atoms with van der Waals surface area (Å²) in [5.41, 5.74) is 2.56. The molecule has 0 saturated heterocycles. The summed E-state index contributed by atoms with van der Waals surface area (Å²) in [6.07, 6.45) is 0. The van der Waals surface area contributed by atoms with E-state index in [1.165, 1.54) is 25.4 Å². The quantitative estimate of drug-likeness (QED) is 0.870. The van der Waals surface area contributed by atoms with Gasteiger partial charge in [0, 0.05) is 26.3 Å². The molecule has 1 nitrogen and oxygen atoms in total. The van der Waals surface area contributed by atoms with Crippen molar-refractivity contribution in [2.75, 3.05) is 6.54 Å². The number of hydrogen-bond donors (Lipinski definition) is 1. The van der Waals surface area contributed by atoms with Gasteiger partial charge >= 0.3 is 0 Å². The molecule has 0 saturated carbocycles. The van der Waals surface area contributed by atoms with Gasteiger partial charge in [-0.1, -0.05) is 35.0 Å². The van der Waals surface area contributed by atoms with Gasteiger partial charge < -0.3 is 5.32 Å². The molecule has 2 aromatic rings. The minimum absolute atomic E-state index is 0.963. The third kappa shape index (κ3) is 3.18. The summed E-state index contributed by atoms with van der Waals surface area (Å²) in [5, 5.41) is 3.35. The fraction of sp³-hybridized carbons (Fsp3) is 0.286. The third-order valence-electron chi connectivity index (χ3n) is 2.60. The van der Waals surface area contributed by atoms with Crippen LogP contribution in [0.5, 0.6) is 0 Å². The average molecular weight is 310 g/mol. The summed E-state index contributed by atoms with van der Waals surface area (Å²) in [7, 11) is 0. The Labute approximate surface area is 115 Å². The Kier molecular flexibility index (Phi) is 4.37. The molecule has 0 atom stereocenters. The molecule has 1 heterocycles. The molecule has 90 valence electrons. The van der Waals surface area contributed by atoms with Crippen molar-refractivity contribution in [2.24, 2.45) is 0 Å². The van der Waals surface area contributed by atoms with Gasteiger partial charge in [-0.2, -0.15) is 0 Å². The van der Waals surface area contributed by atoms with Gasteiger partial charge in [-0.3, -0.25) is 0 Å². The molecule has 3 heteroatoms. The summed E-state index contributed by atoms with van der Waals surface area (Å²) in [6.45, 7) is 6.22. The summed E-state index contributed by atoms with van der Waals surface area (Å²) < 4.78 is 1.18. The largest absolute Gasteiger partial charge is 0.312 e. The van der Waals surface area contributed by atoms with Crippen molar-refractivity contribution in [3.63, 3.8) is 0 Å². The Morgan fingerprint density at radius 2 is 2.06 bits per heavy atom. The van der Waals surface area contributed by atoms with Crippen LogP contribution in [0.1, 0.15) is 17.4 Å². The van der Waals surface area contributed by atoms with Gasteiger partial charge in [-0.15, -0.1) is 11.3 Å². The maximum atomic E-state index is 3.64. The van der Waals surface area contributed by atoms with Crippen LogP contribution < -0.4 is 5.32 Å². The molecule has 0 aliphatic rings. The highest BCUT2D eigenvalue weighted by Gasteiger charge is 2.06. The predicted molar refractivity (Wildman–Crippen MR) is 79.6 cm³/mol. The summed E-state index contributed by atoms with van der Waals surface area (Å²) >= 11 is 5.49. The fourth-order valence-electron chi connectivity index (χ4n) is 1.69. The number of thiophene rings is 1. The normalized spacial score (nSPS) is 10.8. The molecule has 0 amide bonds. The van der Waals surface area contributed by atoms with Gasteiger partial charge in [-0.25, -0.2) is 0 Å². The second-order valence-electron chi connectivity index (χ2n) is 4.03. The van der Waals surface area contributed by atoms with Gasteiger partial charge in [-0.05, 0) is 37.2 Å². The molecule has 2 rings (SSSR count). The average Bonchev–Trinajstić information content (AvgIpc) is 2.75. The molecule has 0 unspecified atom stereocenters. The molecule has 17 heavy (non-hydrogen) atoms. The number of nitrogens with one attached hydrogen (secondary N) is 1. The van der Waals surface area contributed by atoms with Crippen molar-refractivity contribution in [3.8, 4) is 10.4 Å². The minimum Gasteiger partial charge on any atom is -0.312 e. The highest BCUT2D eigenvalue weighted by molar-refractivity contribution is 9.10. The van der Waals surface area contributed by atoms with Gasteiger partial charge in [0.25, 0.3) is 0 Å². The zero-order valence-electron chi connectivity index (χ0n) is 10.1.